The maximum Gasteiger partial charge on any atom is 0.416 e. The molecule has 0 aliphatic carbocycles. The van der Waals surface area contributed by atoms with E-state index in [-0.39, 0.29) is 6.07 Å². The van der Waals surface area contributed by atoms with Crippen molar-refractivity contribution in [2.24, 2.45) is 7.05 Å². The van der Waals surface area contributed by atoms with E-state index >= 15 is 0 Å². The van der Waals surface area contributed by atoms with Crippen molar-refractivity contribution < 1.29 is 35.9 Å². The molecule has 0 spiro atoms. The quantitative estimate of drug-likeness (QED) is 0.173. The number of esters is 1. The summed E-state index contributed by atoms with van der Waals surface area (Å²) in [6.45, 7) is -0.471. The minimum atomic E-state index is -5.10. The smallest absolute Gasteiger partial charge is 0.416 e. The lowest BCUT2D eigenvalue weighted by Crippen LogP contribution is -2.14. The molecule has 0 atom stereocenters. The Labute approximate surface area is 222 Å². The van der Waals surface area contributed by atoms with Gasteiger partial charge in [-0.15, -0.1) is 0 Å². The fraction of sp³-hybridized carbons (Fsp3) is 0.154. The summed E-state index contributed by atoms with van der Waals surface area (Å²) in [7, 11) is 1.65. The third-order valence-electron chi connectivity index (χ3n) is 5.35. The molecule has 4 aromatic rings. The van der Waals surface area contributed by atoms with E-state index in [1.807, 2.05) is 0 Å². The van der Waals surface area contributed by atoms with Crippen molar-refractivity contribution in [2.45, 2.75) is 28.9 Å². The molecule has 0 aliphatic heterocycles. The Hall–Kier alpha value is -3.44. The molecule has 4 nitrogen and oxygen atoms in total. The average molecular weight is 571 g/mol. The van der Waals surface area contributed by atoms with Crippen molar-refractivity contribution in [1.82, 2.24) is 9.78 Å². The van der Waals surface area contributed by atoms with Gasteiger partial charge in [-0.1, -0.05) is 65.8 Å². The van der Waals surface area contributed by atoms with Gasteiger partial charge in [-0.05, 0) is 30.3 Å². The predicted octanol–water partition coefficient (Wildman–Crippen LogP) is 8.29. The van der Waals surface area contributed by atoms with Crippen LogP contribution in [0.5, 0.6) is 0 Å². The lowest BCUT2D eigenvalue weighted by atomic mass is 10.0. The zero-order chi connectivity index (χ0) is 27.7. The first-order chi connectivity index (χ1) is 17.8. The van der Waals surface area contributed by atoms with Gasteiger partial charge in [0.2, 0.25) is 0 Å². The molecule has 12 heteroatoms. The van der Waals surface area contributed by atoms with Crippen molar-refractivity contribution in [3.63, 3.8) is 0 Å². The molecule has 0 aliphatic rings. The van der Waals surface area contributed by atoms with Gasteiger partial charge in [0.15, 0.2) is 0 Å². The SMILES string of the molecule is Cn1nc(-c2ccccc2)c(COC(=O)c2cc(C(F)(F)F)cc(C(F)(F)F)c2)c1Sc1ccccc1Cl. The lowest BCUT2D eigenvalue weighted by Gasteiger charge is -2.14. The second-order valence-electron chi connectivity index (χ2n) is 8.03. The maximum atomic E-state index is 13.2. The normalized spacial score (nSPS) is 12.0. The van der Waals surface area contributed by atoms with E-state index in [0.717, 1.165) is 0 Å². The van der Waals surface area contributed by atoms with Crippen molar-refractivity contribution in [2.75, 3.05) is 0 Å². The van der Waals surface area contributed by atoms with E-state index < -0.39 is 41.6 Å². The van der Waals surface area contributed by atoms with Crippen LogP contribution in [-0.2, 0) is 30.7 Å². The summed E-state index contributed by atoms with van der Waals surface area (Å²) >= 11 is 7.52. The highest BCUT2D eigenvalue weighted by atomic mass is 35.5. The summed E-state index contributed by atoms with van der Waals surface area (Å²) in [5.74, 6) is -1.35. The summed E-state index contributed by atoms with van der Waals surface area (Å²) in [5.41, 5.74) is -2.60. The fourth-order valence-electron chi connectivity index (χ4n) is 3.56. The van der Waals surface area contributed by atoms with E-state index in [2.05, 4.69) is 5.10 Å². The van der Waals surface area contributed by atoms with E-state index in [1.54, 1.807) is 61.6 Å². The molecule has 3 aromatic carbocycles. The van der Waals surface area contributed by atoms with Crippen LogP contribution in [0, 0.1) is 0 Å². The Kier molecular flexibility index (Phi) is 7.80. The van der Waals surface area contributed by atoms with Gasteiger partial charge in [-0.25, -0.2) is 4.79 Å². The molecule has 0 N–H and O–H groups in total. The molecule has 38 heavy (non-hydrogen) atoms. The summed E-state index contributed by atoms with van der Waals surface area (Å²) in [6, 6.07) is 16.4. The number of hydrogen-bond donors (Lipinski definition) is 0. The Morgan fingerprint density at radius 3 is 2.08 bits per heavy atom. The zero-order valence-corrected chi connectivity index (χ0v) is 21.0. The summed E-state index contributed by atoms with van der Waals surface area (Å²) in [5, 5.41) is 5.48. The van der Waals surface area contributed by atoms with Gasteiger partial charge >= 0.3 is 18.3 Å². The van der Waals surface area contributed by atoms with Crippen molar-refractivity contribution >= 4 is 29.3 Å². The molecule has 0 saturated heterocycles. The van der Waals surface area contributed by atoms with Gasteiger partial charge in [-0.2, -0.15) is 31.4 Å². The number of carbonyl (C=O) groups excluding carboxylic acids is 1. The van der Waals surface area contributed by atoms with E-state index in [0.29, 0.717) is 43.9 Å². The molecule has 1 aromatic heterocycles. The number of carbonyl (C=O) groups is 1. The molecular formula is C26H17ClF6N2O2S. The van der Waals surface area contributed by atoms with E-state index in [4.69, 9.17) is 16.3 Å². The first kappa shape index (κ1) is 27.6. The number of ether oxygens (including phenoxy) is 1. The molecular weight excluding hydrogens is 554 g/mol. The number of rotatable bonds is 6. The third-order valence-corrected chi connectivity index (χ3v) is 7.07. The summed E-state index contributed by atoms with van der Waals surface area (Å²) in [4.78, 5) is 13.4. The molecule has 0 amide bonds. The number of benzene rings is 3. The molecule has 0 saturated carbocycles. The standard InChI is InChI=1S/C26H17ClF6N2O2S/c1-35-23(38-21-10-6-5-9-20(21)27)19(22(34-35)15-7-3-2-4-8-15)14-37-24(36)16-11-17(25(28,29)30)13-18(12-16)26(31,32)33/h2-13H,14H2,1H3. The maximum absolute atomic E-state index is 13.2. The van der Waals surface area contributed by atoms with Crippen LogP contribution in [-0.4, -0.2) is 15.7 Å². The number of hydrogen-bond acceptors (Lipinski definition) is 4. The number of aromatic nitrogens is 2. The molecule has 1 heterocycles. The molecule has 198 valence electrons. The highest BCUT2D eigenvalue weighted by Crippen LogP contribution is 2.39. The van der Waals surface area contributed by atoms with Gasteiger partial charge in [0.05, 0.1) is 21.7 Å². The Morgan fingerprint density at radius 1 is 0.921 bits per heavy atom. The van der Waals surface area contributed by atoms with Crippen LogP contribution in [0.3, 0.4) is 0 Å². The van der Waals surface area contributed by atoms with E-state index in [1.165, 1.54) is 16.4 Å². The largest absolute Gasteiger partial charge is 0.457 e. The topological polar surface area (TPSA) is 44.1 Å². The molecule has 0 radical (unpaired) electrons. The van der Waals surface area contributed by atoms with E-state index in [9.17, 15) is 31.1 Å². The van der Waals surface area contributed by atoms with Crippen LogP contribution in [0.1, 0.15) is 27.0 Å². The lowest BCUT2D eigenvalue weighted by molar-refractivity contribution is -0.143. The second kappa shape index (κ2) is 10.7. The molecule has 4 rings (SSSR count). The molecule has 0 fully saturated rings. The Bertz CT molecular complexity index is 1440. The molecule has 0 unspecified atom stereocenters. The minimum Gasteiger partial charge on any atom is -0.457 e. The van der Waals surface area contributed by atoms with Crippen molar-refractivity contribution in [1.29, 1.82) is 0 Å². The van der Waals surface area contributed by atoms with Crippen molar-refractivity contribution in [3.05, 3.63) is 100 Å². The first-order valence-electron chi connectivity index (χ1n) is 10.8. The van der Waals surface area contributed by atoms with Crippen LogP contribution in [0.2, 0.25) is 5.02 Å². The van der Waals surface area contributed by atoms with Gasteiger partial charge in [0.1, 0.15) is 17.3 Å². The highest BCUT2D eigenvalue weighted by molar-refractivity contribution is 7.99. The molecule has 0 bridgehead atoms. The van der Waals surface area contributed by atoms with Crippen LogP contribution in [0.25, 0.3) is 11.3 Å². The summed E-state index contributed by atoms with van der Waals surface area (Å²) < 4.78 is 86.2. The summed E-state index contributed by atoms with van der Waals surface area (Å²) in [6.07, 6.45) is -10.2. The minimum absolute atomic E-state index is 0.0518. The van der Waals surface area contributed by atoms with Crippen molar-refractivity contribution in [3.8, 4) is 11.3 Å². The Balaban J connectivity index is 1.71. The average Bonchev–Trinajstić information content (AvgIpc) is 3.18. The number of aryl methyl sites for hydroxylation is 1. The van der Waals surface area contributed by atoms with Gasteiger partial charge < -0.3 is 4.74 Å². The first-order valence-corrected chi connectivity index (χ1v) is 12.0. The van der Waals surface area contributed by atoms with Crippen LogP contribution >= 0.6 is 23.4 Å². The van der Waals surface area contributed by atoms with Gasteiger partial charge in [-0.3, -0.25) is 4.68 Å². The highest BCUT2D eigenvalue weighted by Gasteiger charge is 2.37. The zero-order valence-electron chi connectivity index (χ0n) is 19.4. The van der Waals surface area contributed by atoms with Gasteiger partial charge in [0.25, 0.3) is 0 Å². The number of halogens is 7. The number of alkyl halides is 6. The Morgan fingerprint density at radius 2 is 1.50 bits per heavy atom. The van der Waals surface area contributed by atoms with Gasteiger partial charge in [0, 0.05) is 23.1 Å². The fourth-order valence-corrected chi connectivity index (χ4v) is 4.79. The second-order valence-corrected chi connectivity index (χ2v) is 9.46. The predicted molar refractivity (Wildman–Crippen MR) is 130 cm³/mol. The number of nitrogens with zero attached hydrogens (tertiary/aromatic N) is 2. The van der Waals surface area contributed by atoms with Crippen LogP contribution < -0.4 is 0 Å². The van der Waals surface area contributed by atoms with Crippen LogP contribution in [0.4, 0.5) is 26.3 Å². The monoisotopic (exact) mass is 570 g/mol. The third kappa shape index (κ3) is 6.16. The van der Waals surface area contributed by atoms with Crippen LogP contribution in [0.15, 0.2) is 82.7 Å².